The van der Waals surface area contributed by atoms with E-state index in [1.807, 2.05) is 31.4 Å². The Morgan fingerprint density at radius 1 is 1.50 bits per heavy atom. The lowest BCUT2D eigenvalue weighted by Crippen LogP contribution is -2.30. The summed E-state index contributed by atoms with van der Waals surface area (Å²) in [7, 11) is 1.90. The molecule has 0 bridgehead atoms. The van der Waals surface area contributed by atoms with E-state index < -0.39 is 0 Å². The van der Waals surface area contributed by atoms with E-state index in [0.29, 0.717) is 0 Å². The van der Waals surface area contributed by atoms with E-state index in [9.17, 15) is 0 Å². The molecule has 1 atom stereocenters. The summed E-state index contributed by atoms with van der Waals surface area (Å²) in [4.78, 5) is 1.21. The number of nitrogens with one attached hydrogen (secondary N) is 1. The van der Waals surface area contributed by atoms with Crippen LogP contribution in [0.15, 0.2) is 45.9 Å². The fourth-order valence-electron chi connectivity index (χ4n) is 1.57. The molecule has 2 rings (SSSR count). The second kappa shape index (κ2) is 6.38. The van der Waals surface area contributed by atoms with Crippen LogP contribution in [0.2, 0.25) is 0 Å². The van der Waals surface area contributed by atoms with Gasteiger partial charge in [0, 0.05) is 28.4 Å². The van der Waals surface area contributed by atoms with Crippen LogP contribution in [-0.4, -0.2) is 15.5 Å². The van der Waals surface area contributed by atoms with Gasteiger partial charge < -0.3 is 0 Å². The Morgan fingerprint density at radius 3 is 2.94 bits per heavy atom. The maximum Gasteiger partial charge on any atom is 0.0815 e. The van der Waals surface area contributed by atoms with E-state index in [1.54, 1.807) is 16.4 Å². The summed E-state index contributed by atoms with van der Waals surface area (Å²) in [6.45, 7) is 0. The molecule has 0 aliphatic rings. The Morgan fingerprint density at radius 2 is 2.33 bits per heavy atom. The molecule has 3 N–H and O–H groups in total. The molecule has 0 saturated carbocycles. The molecule has 18 heavy (non-hydrogen) atoms. The standard InChI is InChI=1S/C12H15BrN4S/c1-17-6-5-11(16-17)12(15-14)8-18-10-4-2-3-9(13)7-10/h2-7,12,15H,8,14H2,1H3. The lowest BCUT2D eigenvalue weighted by molar-refractivity contribution is 0.581. The molecule has 0 radical (unpaired) electrons. The summed E-state index contributed by atoms with van der Waals surface area (Å²) in [6, 6.07) is 10.2. The van der Waals surface area contributed by atoms with E-state index in [1.165, 1.54) is 4.90 Å². The summed E-state index contributed by atoms with van der Waals surface area (Å²) >= 11 is 5.21. The highest BCUT2D eigenvalue weighted by Crippen LogP contribution is 2.25. The van der Waals surface area contributed by atoms with Crippen LogP contribution in [0.25, 0.3) is 0 Å². The van der Waals surface area contributed by atoms with Crippen molar-refractivity contribution >= 4 is 27.7 Å². The van der Waals surface area contributed by atoms with Gasteiger partial charge in [-0.25, -0.2) is 0 Å². The average molecular weight is 327 g/mol. The highest BCUT2D eigenvalue weighted by atomic mass is 79.9. The summed E-state index contributed by atoms with van der Waals surface area (Å²) in [5.74, 6) is 6.42. The first-order valence-corrected chi connectivity index (χ1v) is 7.31. The number of halogens is 1. The third-order valence-electron chi connectivity index (χ3n) is 2.51. The number of benzene rings is 1. The number of aromatic nitrogens is 2. The fourth-order valence-corrected chi connectivity index (χ4v) is 3.14. The second-order valence-electron chi connectivity index (χ2n) is 3.90. The van der Waals surface area contributed by atoms with E-state index in [-0.39, 0.29) is 6.04 Å². The molecule has 0 aliphatic carbocycles. The van der Waals surface area contributed by atoms with E-state index >= 15 is 0 Å². The zero-order valence-corrected chi connectivity index (χ0v) is 12.4. The number of rotatable bonds is 5. The van der Waals surface area contributed by atoms with Crippen LogP contribution in [0.4, 0.5) is 0 Å². The van der Waals surface area contributed by atoms with Crippen molar-refractivity contribution < 1.29 is 0 Å². The van der Waals surface area contributed by atoms with Gasteiger partial charge in [-0.15, -0.1) is 11.8 Å². The van der Waals surface area contributed by atoms with Crippen LogP contribution in [-0.2, 0) is 7.05 Å². The van der Waals surface area contributed by atoms with Gasteiger partial charge in [0.2, 0.25) is 0 Å². The van der Waals surface area contributed by atoms with Crippen molar-refractivity contribution in [2.45, 2.75) is 10.9 Å². The maximum absolute atomic E-state index is 5.59. The summed E-state index contributed by atoms with van der Waals surface area (Å²) in [5.41, 5.74) is 3.77. The van der Waals surface area contributed by atoms with Gasteiger partial charge in [0.25, 0.3) is 0 Å². The number of thioether (sulfide) groups is 1. The fraction of sp³-hybridized carbons (Fsp3) is 0.250. The minimum absolute atomic E-state index is 0.0511. The van der Waals surface area contributed by atoms with Gasteiger partial charge in [0.1, 0.15) is 0 Å². The Hall–Kier alpha value is -0.820. The van der Waals surface area contributed by atoms with Gasteiger partial charge in [-0.05, 0) is 24.3 Å². The predicted octanol–water partition coefficient (Wildman–Crippen LogP) is 2.48. The SMILES string of the molecule is Cn1ccc(C(CSc2cccc(Br)c2)NN)n1. The molecular weight excluding hydrogens is 312 g/mol. The number of nitrogens with two attached hydrogens (primary N) is 1. The smallest absolute Gasteiger partial charge is 0.0815 e. The summed E-state index contributed by atoms with van der Waals surface area (Å²) in [5, 5.41) is 4.36. The van der Waals surface area contributed by atoms with Gasteiger partial charge in [-0.2, -0.15) is 5.10 Å². The molecule has 6 heteroatoms. The maximum atomic E-state index is 5.59. The quantitative estimate of drug-likeness (QED) is 0.503. The number of hydrogen-bond donors (Lipinski definition) is 2. The minimum atomic E-state index is 0.0511. The lowest BCUT2D eigenvalue weighted by Gasteiger charge is -2.13. The van der Waals surface area contributed by atoms with Crippen molar-refractivity contribution in [2.75, 3.05) is 5.75 Å². The monoisotopic (exact) mass is 326 g/mol. The number of nitrogens with zero attached hydrogens (tertiary/aromatic N) is 2. The molecule has 1 unspecified atom stereocenters. The third-order valence-corrected chi connectivity index (χ3v) is 4.09. The topological polar surface area (TPSA) is 55.9 Å². The van der Waals surface area contributed by atoms with Gasteiger partial charge in [0.05, 0.1) is 11.7 Å². The van der Waals surface area contributed by atoms with Crippen LogP contribution in [0.1, 0.15) is 11.7 Å². The van der Waals surface area contributed by atoms with Gasteiger partial charge in [-0.3, -0.25) is 16.0 Å². The Kier molecular flexibility index (Phi) is 4.82. The van der Waals surface area contributed by atoms with Crippen LogP contribution in [0, 0.1) is 0 Å². The van der Waals surface area contributed by atoms with Crippen LogP contribution in [0.3, 0.4) is 0 Å². The van der Waals surface area contributed by atoms with Crippen LogP contribution in [0.5, 0.6) is 0 Å². The highest BCUT2D eigenvalue weighted by Gasteiger charge is 2.12. The average Bonchev–Trinajstić information content (AvgIpc) is 2.77. The highest BCUT2D eigenvalue weighted by molar-refractivity contribution is 9.10. The van der Waals surface area contributed by atoms with E-state index in [0.717, 1.165) is 15.9 Å². The molecule has 0 aliphatic heterocycles. The third kappa shape index (κ3) is 3.58. The predicted molar refractivity (Wildman–Crippen MR) is 78.1 cm³/mol. The molecule has 1 aromatic heterocycles. The first kappa shape index (κ1) is 13.6. The molecule has 96 valence electrons. The van der Waals surface area contributed by atoms with Crippen molar-refractivity contribution in [1.29, 1.82) is 0 Å². The largest absolute Gasteiger partial charge is 0.275 e. The van der Waals surface area contributed by atoms with Crippen molar-refractivity contribution in [3.8, 4) is 0 Å². The molecule has 0 saturated heterocycles. The molecule has 0 spiro atoms. The molecule has 1 aromatic carbocycles. The van der Waals surface area contributed by atoms with Crippen molar-refractivity contribution in [2.24, 2.45) is 12.9 Å². The van der Waals surface area contributed by atoms with Gasteiger partial charge in [0.15, 0.2) is 0 Å². The zero-order chi connectivity index (χ0) is 13.0. The molecule has 0 amide bonds. The van der Waals surface area contributed by atoms with Crippen LogP contribution < -0.4 is 11.3 Å². The Bertz CT molecular complexity index is 514. The lowest BCUT2D eigenvalue weighted by atomic mass is 10.2. The Labute approximate surface area is 119 Å². The minimum Gasteiger partial charge on any atom is -0.275 e. The molecule has 4 nitrogen and oxygen atoms in total. The first-order valence-electron chi connectivity index (χ1n) is 5.53. The van der Waals surface area contributed by atoms with E-state index in [2.05, 4.69) is 38.6 Å². The summed E-state index contributed by atoms with van der Waals surface area (Å²) < 4.78 is 2.87. The van der Waals surface area contributed by atoms with Gasteiger partial charge in [-0.1, -0.05) is 22.0 Å². The number of hydrogen-bond acceptors (Lipinski definition) is 4. The number of hydrazine groups is 1. The molecule has 2 aromatic rings. The van der Waals surface area contributed by atoms with Crippen LogP contribution >= 0.6 is 27.7 Å². The first-order chi connectivity index (χ1) is 8.69. The van der Waals surface area contributed by atoms with Gasteiger partial charge >= 0.3 is 0 Å². The van der Waals surface area contributed by atoms with E-state index in [4.69, 9.17) is 5.84 Å². The second-order valence-corrected chi connectivity index (χ2v) is 5.91. The van der Waals surface area contributed by atoms with Crippen molar-refractivity contribution in [3.63, 3.8) is 0 Å². The van der Waals surface area contributed by atoms with Crippen molar-refractivity contribution in [1.82, 2.24) is 15.2 Å². The normalized spacial score (nSPS) is 12.6. The molecule has 1 heterocycles. The summed E-state index contributed by atoms with van der Waals surface area (Å²) in [6.07, 6.45) is 1.92. The zero-order valence-electron chi connectivity index (χ0n) is 10.0. The Balaban J connectivity index is 1.99. The molecule has 0 fully saturated rings. The number of aryl methyl sites for hydroxylation is 1. The van der Waals surface area contributed by atoms with Crippen molar-refractivity contribution in [3.05, 3.63) is 46.7 Å². The molecular formula is C12H15BrN4S.